The van der Waals surface area contributed by atoms with Crippen molar-refractivity contribution in [1.82, 2.24) is 0 Å². The van der Waals surface area contributed by atoms with Crippen molar-refractivity contribution in [3.05, 3.63) is 11.8 Å². The fraction of sp³-hybridized carbons (Fsp3) is 0.667. The molecule has 0 aromatic rings. The van der Waals surface area contributed by atoms with E-state index in [1.807, 2.05) is 13.0 Å². The van der Waals surface area contributed by atoms with E-state index in [4.69, 9.17) is 14.2 Å². The van der Waals surface area contributed by atoms with Crippen molar-refractivity contribution in [2.24, 2.45) is 0 Å². The number of esters is 1. The van der Waals surface area contributed by atoms with Crippen molar-refractivity contribution in [2.45, 2.75) is 38.8 Å². The molecule has 1 heterocycles. The van der Waals surface area contributed by atoms with Gasteiger partial charge in [0.25, 0.3) is 0 Å². The summed E-state index contributed by atoms with van der Waals surface area (Å²) in [5.74, 6) is 0.289. The van der Waals surface area contributed by atoms with E-state index in [2.05, 4.69) is 0 Å². The smallest absolute Gasteiger partial charge is 0.307 e. The van der Waals surface area contributed by atoms with Gasteiger partial charge in [0.2, 0.25) is 0 Å². The zero-order chi connectivity index (χ0) is 9.42. The average molecular weight is 184 g/mol. The van der Waals surface area contributed by atoms with Crippen LogP contribution in [0.2, 0.25) is 0 Å². The minimum absolute atomic E-state index is 0.0318. The van der Waals surface area contributed by atoms with Crippen LogP contribution < -0.4 is 0 Å². The van der Waals surface area contributed by atoms with Crippen LogP contribution >= 0.6 is 0 Å². The third kappa shape index (κ3) is 1.59. The molecule has 3 atom stereocenters. The lowest BCUT2D eigenvalue weighted by Gasteiger charge is -2.10. The van der Waals surface area contributed by atoms with Crippen LogP contribution in [0.1, 0.15) is 20.3 Å². The highest BCUT2D eigenvalue weighted by Crippen LogP contribution is 2.33. The quantitative estimate of drug-likeness (QED) is 0.569. The molecule has 2 rings (SSSR count). The molecule has 0 bridgehead atoms. The lowest BCUT2D eigenvalue weighted by Crippen LogP contribution is -2.20. The number of carbonyl (C=O) groups excluding carboxylic acids is 1. The Morgan fingerprint density at radius 2 is 2.38 bits per heavy atom. The van der Waals surface area contributed by atoms with Crippen LogP contribution in [0.5, 0.6) is 0 Å². The molecule has 0 aromatic heterocycles. The summed E-state index contributed by atoms with van der Waals surface area (Å²) in [4.78, 5) is 10.7. The fourth-order valence-corrected chi connectivity index (χ4v) is 1.69. The molecule has 0 amide bonds. The Morgan fingerprint density at radius 1 is 1.62 bits per heavy atom. The molecule has 4 nitrogen and oxygen atoms in total. The van der Waals surface area contributed by atoms with E-state index in [1.165, 1.54) is 6.92 Å². The van der Waals surface area contributed by atoms with Crippen molar-refractivity contribution in [2.75, 3.05) is 0 Å². The number of fused-ring (bicyclic) bond motifs is 1. The monoisotopic (exact) mass is 184 g/mol. The summed E-state index contributed by atoms with van der Waals surface area (Å²) in [5.41, 5.74) is 0. The molecule has 0 N–H and O–H groups in total. The van der Waals surface area contributed by atoms with E-state index in [0.29, 0.717) is 5.76 Å². The highest BCUT2D eigenvalue weighted by molar-refractivity contribution is 5.67. The maximum Gasteiger partial charge on any atom is 0.307 e. The third-order valence-corrected chi connectivity index (χ3v) is 2.14. The van der Waals surface area contributed by atoms with Gasteiger partial charge < -0.3 is 14.2 Å². The predicted octanol–water partition coefficient (Wildman–Crippen LogP) is 0.967. The standard InChI is InChI=1S/C9H12O4/c1-5(10)11-7-3-4-8-9(7)13-6(2)12-8/h3,6,8-9H,4H2,1-2H3. The van der Waals surface area contributed by atoms with E-state index in [-0.39, 0.29) is 24.5 Å². The number of hydrogen-bond acceptors (Lipinski definition) is 4. The molecule has 1 aliphatic carbocycles. The Bertz CT molecular complexity index is 258. The molecule has 0 aromatic carbocycles. The Labute approximate surface area is 76.5 Å². The molecule has 1 saturated heterocycles. The van der Waals surface area contributed by atoms with E-state index in [9.17, 15) is 4.79 Å². The second-order valence-corrected chi connectivity index (χ2v) is 3.23. The van der Waals surface area contributed by atoms with Gasteiger partial charge in [0.15, 0.2) is 6.29 Å². The van der Waals surface area contributed by atoms with Gasteiger partial charge >= 0.3 is 5.97 Å². The van der Waals surface area contributed by atoms with Crippen molar-refractivity contribution in [1.29, 1.82) is 0 Å². The molecule has 0 radical (unpaired) electrons. The van der Waals surface area contributed by atoms with Gasteiger partial charge in [0.1, 0.15) is 11.9 Å². The van der Waals surface area contributed by atoms with Gasteiger partial charge in [-0.05, 0) is 19.4 Å². The lowest BCUT2D eigenvalue weighted by atomic mass is 10.2. The van der Waals surface area contributed by atoms with Crippen LogP contribution in [-0.2, 0) is 19.0 Å². The minimum Gasteiger partial charge on any atom is -0.429 e. The molecular weight excluding hydrogens is 172 g/mol. The van der Waals surface area contributed by atoms with Gasteiger partial charge in [0.05, 0.1) is 6.10 Å². The van der Waals surface area contributed by atoms with Crippen molar-refractivity contribution < 1.29 is 19.0 Å². The Kier molecular flexibility index (Phi) is 2.09. The first-order valence-corrected chi connectivity index (χ1v) is 4.36. The predicted molar refractivity (Wildman–Crippen MR) is 43.7 cm³/mol. The van der Waals surface area contributed by atoms with Crippen LogP contribution in [0, 0.1) is 0 Å². The summed E-state index contributed by atoms with van der Waals surface area (Å²) >= 11 is 0. The second-order valence-electron chi connectivity index (χ2n) is 3.23. The van der Waals surface area contributed by atoms with Crippen molar-refractivity contribution in [3.63, 3.8) is 0 Å². The molecule has 4 heteroatoms. The van der Waals surface area contributed by atoms with Crippen molar-refractivity contribution in [3.8, 4) is 0 Å². The van der Waals surface area contributed by atoms with Gasteiger partial charge in [0, 0.05) is 6.92 Å². The highest BCUT2D eigenvalue weighted by atomic mass is 16.7. The summed E-state index contributed by atoms with van der Waals surface area (Å²) in [6.45, 7) is 3.22. The maximum absolute atomic E-state index is 10.7. The van der Waals surface area contributed by atoms with Gasteiger partial charge in [-0.3, -0.25) is 4.79 Å². The van der Waals surface area contributed by atoms with Gasteiger partial charge in [-0.25, -0.2) is 0 Å². The third-order valence-electron chi connectivity index (χ3n) is 2.14. The second kappa shape index (κ2) is 3.12. The summed E-state index contributed by atoms with van der Waals surface area (Å²) in [7, 11) is 0. The van der Waals surface area contributed by atoms with Gasteiger partial charge in [-0.15, -0.1) is 0 Å². The first-order chi connectivity index (χ1) is 6.16. The van der Waals surface area contributed by atoms with Crippen molar-refractivity contribution >= 4 is 5.97 Å². The molecule has 1 aliphatic heterocycles. The minimum atomic E-state index is -0.310. The Balaban J connectivity index is 2.03. The van der Waals surface area contributed by atoms with E-state index in [1.54, 1.807) is 0 Å². The van der Waals surface area contributed by atoms with Crippen LogP contribution in [-0.4, -0.2) is 24.5 Å². The topological polar surface area (TPSA) is 44.8 Å². The molecule has 0 saturated carbocycles. The van der Waals surface area contributed by atoms with Gasteiger partial charge in [-0.2, -0.15) is 0 Å². The van der Waals surface area contributed by atoms with Gasteiger partial charge in [-0.1, -0.05) is 0 Å². The number of carbonyl (C=O) groups is 1. The zero-order valence-corrected chi connectivity index (χ0v) is 7.65. The van der Waals surface area contributed by atoms with E-state index < -0.39 is 0 Å². The van der Waals surface area contributed by atoms with Crippen LogP contribution in [0.3, 0.4) is 0 Å². The SMILES string of the molecule is CC(=O)OC1=CCC2OC(C)OC12. The average Bonchev–Trinajstić information content (AvgIpc) is 2.51. The molecule has 1 fully saturated rings. The first-order valence-electron chi connectivity index (χ1n) is 4.36. The van der Waals surface area contributed by atoms with E-state index in [0.717, 1.165) is 6.42 Å². The largest absolute Gasteiger partial charge is 0.429 e. The molecule has 13 heavy (non-hydrogen) atoms. The zero-order valence-electron chi connectivity index (χ0n) is 7.65. The molecular formula is C9H12O4. The molecule has 0 spiro atoms. The summed E-state index contributed by atoms with van der Waals surface area (Å²) in [5, 5.41) is 0. The maximum atomic E-state index is 10.7. The van der Waals surface area contributed by atoms with E-state index >= 15 is 0 Å². The van der Waals surface area contributed by atoms with Crippen LogP contribution in [0.4, 0.5) is 0 Å². The highest BCUT2D eigenvalue weighted by Gasteiger charge is 2.41. The summed E-state index contributed by atoms with van der Waals surface area (Å²) in [6, 6.07) is 0. The molecule has 3 unspecified atom stereocenters. The summed E-state index contributed by atoms with van der Waals surface area (Å²) in [6.07, 6.45) is 2.26. The fourth-order valence-electron chi connectivity index (χ4n) is 1.69. The Hall–Kier alpha value is -0.870. The van der Waals surface area contributed by atoms with Crippen LogP contribution in [0.15, 0.2) is 11.8 Å². The number of ether oxygens (including phenoxy) is 3. The normalized spacial score (nSPS) is 37.1. The number of rotatable bonds is 1. The summed E-state index contributed by atoms with van der Waals surface area (Å²) < 4.78 is 15.9. The van der Waals surface area contributed by atoms with Crippen LogP contribution in [0.25, 0.3) is 0 Å². The molecule has 72 valence electrons. The molecule has 2 aliphatic rings. The first kappa shape index (κ1) is 8.72. The number of hydrogen-bond donors (Lipinski definition) is 0. The Morgan fingerprint density at radius 3 is 3.08 bits per heavy atom. The lowest BCUT2D eigenvalue weighted by molar-refractivity contribution is -0.139.